The van der Waals surface area contributed by atoms with E-state index in [0.717, 1.165) is 6.07 Å². The highest BCUT2D eigenvalue weighted by molar-refractivity contribution is 5.79. The van der Waals surface area contributed by atoms with Gasteiger partial charge in [-0.15, -0.1) is 13.2 Å². The number of hydrogen-bond donors (Lipinski definition) is 1. The number of nitriles is 1. The van der Waals surface area contributed by atoms with Crippen LogP contribution in [0.3, 0.4) is 0 Å². The summed E-state index contributed by atoms with van der Waals surface area (Å²) in [4.78, 5) is 24.5. The fourth-order valence-corrected chi connectivity index (χ4v) is 2.63. The highest BCUT2D eigenvalue weighted by Gasteiger charge is 2.32. The number of ether oxygens (including phenoxy) is 1. The number of alkyl halides is 3. The molecule has 0 saturated carbocycles. The molecule has 9 heteroatoms. The molecule has 0 spiro atoms. The van der Waals surface area contributed by atoms with Crippen LogP contribution in [0.4, 0.5) is 13.2 Å². The van der Waals surface area contributed by atoms with Crippen LogP contribution in [0.5, 0.6) is 5.75 Å². The molecule has 1 aliphatic rings. The largest absolute Gasteiger partial charge is 0.573 e. The standard InChI is InChI=1S/C16H16F3N3O3/c17-16(18,19)25-14-6-11(7-20)3-4-12(14)8-21-15(24)13-2-1-5-22(9-13)10-23/h3-4,6,10,13H,1-2,5,8-9H2,(H,21,24)/t13-/m1/s1. The lowest BCUT2D eigenvalue weighted by molar-refractivity contribution is -0.274. The van der Waals surface area contributed by atoms with Gasteiger partial charge in [-0.3, -0.25) is 9.59 Å². The summed E-state index contributed by atoms with van der Waals surface area (Å²) in [5, 5.41) is 11.4. The van der Waals surface area contributed by atoms with Crippen LogP contribution in [0.15, 0.2) is 18.2 Å². The number of amides is 2. The van der Waals surface area contributed by atoms with Gasteiger partial charge in [-0.1, -0.05) is 6.07 Å². The van der Waals surface area contributed by atoms with Gasteiger partial charge in [0, 0.05) is 25.2 Å². The van der Waals surface area contributed by atoms with Crippen molar-refractivity contribution in [3.8, 4) is 11.8 Å². The van der Waals surface area contributed by atoms with Crippen LogP contribution >= 0.6 is 0 Å². The minimum absolute atomic E-state index is 0.0169. The predicted molar refractivity (Wildman–Crippen MR) is 80.0 cm³/mol. The molecule has 1 heterocycles. The van der Waals surface area contributed by atoms with Crippen LogP contribution in [-0.2, 0) is 16.1 Å². The van der Waals surface area contributed by atoms with E-state index in [2.05, 4.69) is 10.1 Å². The van der Waals surface area contributed by atoms with Gasteiger partial charge in [0.1, 0.15) is 5.75 Å². The molecule has 1 aromatic carbocycles. The first-order chi connectivity index (χ1) is 11.8. The number of carbonyl (C=O) groups is 2. The van der Waals surface area contributed by atoms with E-state index in [4.69, 9.17) is 5.26 Å². The Morgan fingerprint density at radius 3 is 2.88 bits per heavy atom. The average Bonchev–Trinajstić information content (AvgIpc) is 2.59. The van der Waals surface area contributed by atoms with Gasteiger partial charge >= 0.3 is 6.36 Å². The molecule has 2 amide bonds. The molecule has 2 rings (SSSR count). The van der Waals surface area contributed by atoms with E-state index >= 15 is 0 Å². The number of nitrogens with one attached hydrogen (secondary N) is 1. The zero-order valence-electron chi connectivity index (χ0n) is 13.2. The van der Waals surface area contributed by atoms with Gasteiger partial charge in [-0.2, -0.15) is 5.26 Å². The Kier molecular flexibility index (Phi) is 5.85. The van der Waals surface area contributed by atoms with Crippen molar-refractivity contribution in [3.63, 3.8) is 0 Å². The van der Waals surface area contributed by atoms with Crippen molar-refractivity contribution >= 4 is 12.3 Å². The monoisotopic (exact) mass is 355 g/mol. The van der Waals surface area contributed by atoms with Crippen molar-refractivity contribution in [2.75, 3.05) is 13.1 Å². The van der Waals surface area contributed by atoms with Crippen LogP contribution < -0.4 is 10.1 Å². The van der Waals surface area contributed by atoms with E-state index in [1.807, 2.05) is 0 Å². The first-order valence-electron chi connectivity index (χ1n) is 7.58. The summed E-state index contributed by atoms with van der Waals surface area (Å²) in [7, 11) is 0. The second-order valence-corrected chi connectivity index (χ2v) is 5.64. The van der Waals surface area contributed by atoms with E-state index in [0.29, 0.717) is 25.8 Å². The third kappa shape index (κ3) is 5.38. The summed E-state index contributed by atoms with van der Waals surface area (Å²) in [6.07, 6.45) is -2.93. The summed E-state index contributed by atoms with van der Waals surface area (Å²) in [6, 6.07) is 5.36. The molecule has 25 heavy (non-hydrogen) atoms. The van der Waals surface area contributed by atoms with Crippen LogP contribution in [0, 0.1) is 17.2 Å². The Morgan fingerprint density at radius 2 is 2.24 bits per heavy atom. The number of likely N-dealkylation sites (tertiary alicyclic amines) is 1. The van der Waals surface area contributed by atoms with Crippen LogP contribution in [-0.4, -0.2) is 36.7 Å². The topological polar surface area (TPSA) is 82.4 Å². The van der Waals surface area contributed by atoms with E-state index in [9.17, 15) is 22.8 Å². The van der Waals surface area contributed by atoms with Crippen LogP contribution in [0.2, 0.25) is 0 Å². The molecular formula is C16H16F3N3O3. The molecular weight excluding hydrogens is 339 g/mol. The third-order valence-electron chi connectivity index (χ3n) is 3.85. The SMILES string of the molecule is N#Cc1ccc(CNC(=O)[C@@H]2CCCN(C=O)C2)c(OC(F)(F)F)c1. The Morgan fingerprint density at radius 1 is 1.48 bits per heavy atom. The molecule has 0 radical (unpaired) electrons. The number of benzene rings is 1. The first kappa shape index (κ1) is 18.6. The molecule has 1 saturated heterocycles. The number of halogens is 3. The molecule has 134 valence electrons. The number of nitrogens with zero attached hydrogens (tertiary/aromatic N) is 2. The Labute approximate surface area is 142 Å². The van der Waals surface area contributed by atoms with Gasteiger partial charge in [0.05, 0.1) is 17.6 Å². The van der Waals surface area contributed by atoms with Crippen LogP contribution in [0.25, 0.3) is 0 Å². The predicted octanol–water partition coefficient (Wildman–Crippen LogP) is 1.94. The molecule has 0 bridgehead atoms. The first-order valence-corrected chi connectivity index (χ1v) is 7.58. The highest BCUT2D eigenvalue weighted by Crippen LogP contribution is 2.27. The lowest BCUT2D eigenvalue weighted by Gasteiger charge is -2.29. The van der Waals surface area contributed by atoms with Gasteiger partial charge in [-0.05, 0) is 25.0 Å². The zero-order valence-corrected chi connectivity index (χ0v) is 13.2. The van der Waals surface area contributed by atoms with Crippen molar-refractivity contribution in [2.24, 2.45) is 5.92 Å². The number of hydrogen-bond acceptors (Lipinski definition) is 4. The quantitative estimate of drug-likeness (QED) is 0.819. The summed E-state index contributed by atoms with van der Waals surface area (Å²) in [6.45, 7) is 0.703. The van der Waals surface area contributed by atoms with E-state index in [1.54, 1.807) is 6.07 Å². The van der Waals surface area contributed by atoms with Crippen molar-refractivity contribution in [3.05, 3.63) is 29.3 Å². The van der Waals surface area contributed by atoms with Crippen molar-refractivity contribution in [1.82, 2.24) is 10.2 Å². The van der Waals surface area contributed by atoms with Crippen molar-refractivity contribution in [1.29, 1.82) is 5.26 Å². The van der Waals surface area contributed by atoms with Gasteiger partial charge in [0.15, 0.2) is 0 Å². The maximum atomic E-state index is 12.5. The Bertz CT molecular complexity index is 685. The normalized spacial score (nSPS) is 17.5. The van der Waals surface area contributed by atoms with Crippen molar-refractivity contribution < 1.29 is 27.5 Å². The lowest BCUT2D eigenvalue weighted by Crippen LogP contribution is -2.42. The Balaban J connectivity index is 2.05. The minimum atomic E-state index is -4.90. The smallest absolute Gasteiger partial charge is 0.405 e. The fourth-order valence-electron chi connectivity index (χ4n) is 2.63. The maximum absolute atomic E-state index is 12.5. The second-order valence-electron chi connectivity index (χ2n) is 5.64. The Hall–Kier alpha value is -2.76. The van der Waals surface area contributed by atoms with E-state index in [1.165, 1.54) is 17.0 Å². The molecule has 1 atom stereocenters. The molecule has 6 nitrogen and oxygen atoms in total. The molecule has 0 aromatic heterocycles. The number of carbonyl (C=O) groups excluding carboxylic acids is 2. The molecule has 1 aromatic rings. The maximum Gasteiger partial charge on any atom is 0.573 e. The van der Waals surface area contributed by atoms with Gasteiger partial charge in [0.2, 0.25) is 12.3 Å². The van der Waals surface area contributed by atoms with Crippen molar-refractivity contribution in [2.45, 2.75) is 25.7 Å². The summed E-state index contributed by atoms with van der Waals surface area (Å²) >= 11 is 0. The molecule has 1 aliphatic heterocycles. The van der Waals surface area contributed by atoms with Gasteiger partial charge < -0.3 is 15.0 Å². The highest BCUT2D eigenvalue weighted by atomic mass is 19.4. The van der Waals surface area contributed by atoms with E-state index < -0.39 is 18.0 Å². The lowest BCUT2D eigenvalue weighted by atomic mass is 9.97. The number of rotatable bonds is 5. The second kappa shape index (κ2) is 7.88. The number of piperidine rings is 1. The van der Waals surface area contributed by atoms with Crippen LogP contribution in [0.1, 0.15) is 24.0 Å². The fraction of sp³-hybridized carbons (Fsp3) is 0.438. The molecule has 1 fully saturated rings. The van der Waals surface area contributed by atoms with Gasteiger partial charge in [-0.25, -0.2) is 0 Å². The zero-order chi connectivity index (χ0) is 18.4. The summed E-state index contributed by atoms with van der Waals surface area (Å²) < 4.78 is 41.4. The van der Waals surface area contributed by atoms with E-state index in [-0.39, 0.29) is 30.1 Å². The van der Waals surface area contributed by atoms with Gasteiger partial charge in [0.25, 0.3) is 0 Å². The molecule has 0 unspecified atom stereocenters. The molecule has 1 N–H and O–H groups in total. The summed E-state index contributed by atoms with van der Waals surface area (Å²) in [5.74, 6) is -1.26. The average molecular weight is 355 g/mol. The third-order valence-corrected chi connectivity index (χ3v) is 3.85. The molecule has 0 aliphatic carbocycles. The summed E-state index contributed by atoms with van der Waals surface area (Å²) in [5.41, 5.74) is 0.121. The minimum Gasteiger partial charge on any atom is -0.405 e.